The highest BCUT2D eigenvalue weighted by Crippen LogP contribution is 2.52. The van der Waals surface area contributed by atoms with Crippen LogP contribution in [-0.4, -0.2) is 23.9 Å². The second kappa shape index (κ2) is 10.4. The summed E-state index contributed by atoms with van der Waals surface area (Å²) in [6.07, 6.45) is 9.10. The van der Waals surface area contributed by atoms with Gasteiger partial charge in [0.2, 0.25) is 5.69 Å². The van der Waals surface area contributed by atoms with Crippen molar-refractivity contribution >= 4 is 38.6 Å². The van der Waals surface area contributed by atoms with Crippen LogP contribution in [-0.2, 0) is 17.3 Å². The first-order valence-electron chi connectivity index (χ1n) is 15.7. The van der Waals surface area contributed by atoms with Gasteiger partial charge in [0.25, 0.3) is 0 Å². The fraction of sp³-hybridized carbons (Fsp3) is 0.244. The Morgan fingerprint density at radius 1 is 0.767 bits per heavy atom. The molecule has 7 rings (SSSR count). The third kappa shape index (κ3) is 4.35. The Kier molecular flexibility index (Phi) is 6.62. The molecule has 0 amide bonds. The molecule has 43 heavy (non-hydrogen) atoms. The van der Waals surface area contributed by atoms with Crippen molar-refractivity contribution in [1.29, 1.82) is 0 Å². The molecule has 0 radical (unpaired) electrons. The van der Waals surface area contributed by atoms with Crippen LogP contribution in [0.3, 0.4) is 0 Å². The van der Waals surface area contributed by atoms with Crippen molar-refractivity contribution in [3.63, 3.8) is 0 Å². The van der Waals surface area contributed by atoms with Crippen LogP contribution in [0.5, 0.6) is 0 Å². The fourth-order valence-electron chi connectivity index (χ4n) is 7.81. The van der Waals surface area contributed by atoms with Crippen molar-refractivity contribution in [2.45, 2.75) is 51.4 Å². The zero-order valence-electron chi connectivity index (χ0n) is 26.1. The molecule has 0 N–H and O–H groups in total. The molecule has 1 unspecified atom stereocenters. The van der Waals surface area contributed by atoms with E-state index >= 15 is 0 Å². The molecule has 0 aromatic heterocycles. The molecular weight excluding hydrogens is 520 g/mol. The van der Waals surface area contributed by atoms with Gasteiger partial charge in [-0.15, -0.1) is 0 Å². The van der Waals surface area contributed by atoms with E-state index < -0.39 is 0 Å². The van der Waals surface area contributed by atoms with Crippen LogP contribution in [0.4, 0.5) is 11.4 Å². The maximum Gasteiger partial charge on any atom is 0.209 e. The number of rotatable bonds is 6. The summed E-state index contributed by atoms with van der Waals surface area (Å²) in [5, 5.41) is 5.23. The number of allylic oxidation sites excluding steroid dienone is 4. The Balaban J connectivity index is 1.36. The zero-order valence-corrected chi connectivity index (χ0v) is 26.1. The second-order valence-electron chi connectivity index (χ2n) is 13.0. The zero-order chi connectivity index (χ0) is 29.8. The van der Waals surface area contributed by atoms with E-state index in [4.69, 9.17) is 0 Å². The van der Waals surface area contributed by atoms with Crippen LogP contribution in [0, 0.1) is 0 Å². The number of likely N-dealkylation sites (N-methyl/N-ethyl adjacent to an activating group) is 1. The van der Waals surface area contributed by atoms with E-state index in [1.54, 1.807) is 0 Å². The van der Waals surface area contributed by atoms with Crippen molar-refractivity contribution in [2.75, 3.05) is 18.5 Å². The molecule has 0 saturated heterocycles. The Labute approximate surface area is 256 Å². The Morgan fingerprint density at radius 3 is 2.28 bits per heavy atom. The average molecular weight is 562 g/mol. The molecular formula is C41H41N2+. The highest BCUT2D eigenvalue weighted by molar-refractivity contribution is 6.03. The Bertz CT molecular complexity index is 1970. The maximum atomic E-state index is 2.53. The molecule has 214 valence electrons. The lowest BCUT2D eigenvalue weighted by molar-refractivity contribution is -0.437. The average Bonchev–Trinajstić information content (AvgIpc) is 3.36. The molecule has 0 bridgehead atoms. The predicted molar refractivity (Wildman–Crippen MR) is 184 cm³/mol. The lowest BCUT2D eigenvalue weighted by atomic mass is 9.74. The molecule has 2 aliphatic heterocycles. The quantitative estimate of drug-likeness (QED) is 0.187. The number of para-hydroxylation sites is 1. The predicted octanol–water partition coefficient (Wildman–Crippen LogP) is 9.87. The van der Waals surface area contributed by atoms with Crippen LogP contribution in [0.25, 0.3) is 21.5 Å². The second-order valence-corrected chi connectivity index (χ2v) is 13.0. The number of hydrogen-bond donors (Lipinski definition) is 0. The largest absolute Gasteiger partial charge is 0.347 e. The molecule has 0 fully saturated rings. The van der Waals surface area contributed by atoms with Gasteiger partial charge in [-0.25, -0.2) is 0 Å². The number of hydrogen-bond acceptors (Lipinski definition) is 1. The van der Waals surface area contributed by atoms with Gasteiger partial charge in [-0.05, 0) is 72.0 Å². The summed E-state index contributed by atoms with van der Waals surface area (Å²) < 4.78 is 2.53. The summed E-state index contributed by atoms with van der Waals surface area (Å²) in [6.45, 7) is 10.5. The van der Waals surface area contributed by atoms with Gasteiger partial charge in [-0.2, -0.15) is 4.58 Å². The van der Waals surface area contributed by atoms with Crippen LogP contribution in [0.15, 0.2) is 127 Å². The molecule has 2 heterocycles. The minimum atomic E-state index is -0.195. The SMILES string of the molecule is CCC[N+]1=C(C=CC=C2N(C)c3ccc4ccccc4c3C2(C)Cc2ccc3ccccc3c2)C(C)(C)c2ccccc21. The van der Waals surface area contributed by atoms with Crippen LogP contribution < -0.4 is 4.90 Å². The van der Waals surface area contributed by atoms with Crippen molar-refractivity contribution in [1.82, 2.24) is 0 Å². The standard InChI is InChI=1S/C41H41N2/c1-6-26-43-35-19-12-11-18-34(35)40(2,3)37(43)20-13-21-38-41(4,28-29-22-23-30-14-7-8-16-32(30)27-29)39-33-17-10-9-15-31(33)24-25-36(39)42(38)5/h7-25,27H,6,26,28H2,1-5H3/q+1. The van der Waals surface area contributed by atoms with E-state index in [9.17, 15) is 0 Å². The first-order chi connectivity index (χ1) is 20.8. The van der Waals surface area contributed by atoms with Gasteiger partial charge in [0.05, 0.1) is 5.41 Å². The summed E-state index contributed by atoms with van der Waals surface area (Å²) in [4.78, 5) is 2.43. The first-order valence-corrected chi connectivity index (χ1v) is 15.7. The van der Waals surface area contributed by atoms with Crippen LogP contribution >= 0.6 is 0 Å². The molecule has 5 aromatic carbocycles. The smallest absolute Gasteiger partial charge is 0.209 e. The molecule has 0 saturated carbocycles. The van der Waals surface area contributed by atoms with Crippen molar-refractivity contribution in [3.8, 4) is 0 Å². The third-order valence-corrected chi connectivity index (χ3v) is 9.87. The Hall–Kier alpha value is -4.43. The summed E-state index contributed by atoms with van der Waals surface area (Å²) >= 11 is 0. The van der Waals surface area contributed by atoms with Gasteiger partial charge in [-0.3, -0.25) is 0 Å². The molecule has 1 atom stereocenters. The number of fused-ring (bicyclic) bond motifs is 5. The third-order valence-electron chi connectivity index (χ3n) is 9.87. The van der Waals surface area contributed by atoms with Crippen LogP contribution in [0.2, 0.25) is 0 Å². The number of anilines is 1. The fourth-order valence-corrected chi connectivity index (χ4v) is 7.81. The maximum absolute atomic E-state index is 2.53. The molecule has 2 heteroatoms. The summed E-state index contributed by atoms with van der Waals surface area (Å²) in [7, 11) is 2.24. The molecule has 0 spiro atoms. The van der Waals surface area contributed by atoms with Gasteiger partial charge in [0.1, 0.15) is 6.54 Å². The lowest BCUT2D eigenvalue weighted by Crippen LogP contribution is -2.29. The highest BCUT2D eigenvalue weighted by Gasteiger charge is 2.45. The van der Waals surface area contributed by atoms with E-state index in [1.165, 1.54) is 61.0 Å². The normalized spacial score (nSPS) is 20.1. The van der Waals surface area contributed by atoms with Crippen molar-refractivity contribution in [3.05, 3.63) is 144 Å². The molecule has 5 aromatic rings. The van der Waals surface area contributed by atoms with Crippen LogP contribution in [0.1, 0.15) is 50.8 Å². The highest BCUT2D eigenvalue weighted by atomic mass is 15.2. The number of benzene rings is 5. The molecule has 2 aliphatic rings. The van der Waals surface area contributed by atoms with E-state index in [0.29, 0.717) is 0 Å². The summed E-state index contributed by atoms with van der Waals surface area (Å²) in [5.74, 6) is 0. The van der Waals surface area contributed by atoms with Gasteiger partial charge in [0, 0.05) is 48.0 Å². The van der Waals surface area contributed by atoms with Gasteiger partial charge >= 0.3 is 0 Å². The first kappa shape index (κ1) is 27.4. The summed E-state index contributed by atoms with van der Waals surface area (Å²) in [5.41, 5.74) is 9.31. The van der Waals surface area contributed by atoms with Gasteiger partial charge in [-0.1, -0.05) is 104 Å². The summed E-state index contributed by atoms with van der Waals surface area (Å²) in [6, 6.07) is 38.0. The Morgan fingerprint density at radius 2 is 1.47 bits per heavy atom. The van der Waals surface area contributed by atoms with E-state index in [2.05, 4.69) is 166 Å². The lowest BCUT2D eigenvalue weighted by Gasteiger charge is -2.29. The molecule has 2 nitrogen and oxygen atoms in total. The minimum absolute atomic E-state index is 0.0457. The van der Waals surface area contributed by atoms with E-state index in [-0.39, 0.29) is 10.8 Å². The topological polar surface area (TPSA) is 6.25 Å². The molecule has 0 aliphatic carbocycles. The van der Waals surface area contributed by atoms with Crippen molar-refractivity contribution < 1.29 is 4.58 Å². The number of nitrogens with zero attached hydrogens (tertiary/aromatic N) is 2. The minimum Gasteiger partial charge on any atom is -0.347 e. The van der Waals surface area contributed by atoms with E-state index in [1.807, 2.05) is 0 Å². The van der Waals surface area contributed by atoms with Crippen molar-refractivity contribution in [2.24, 2.45) is 0 Å². The van der Waals surface area contributed by atoms with E-state index in [0.717, 1.165) is 19.4 Å². The van der Waals surface area contributed by atoms with Gasteiger partial charge in [0.15, 0.2) is 5.71 Å². The monoisotopic (exact) mass is 561 g/mol. The van der Waals surface area contributed by atoms with Gasteiger partial charge < -0.3 is 4.90 Å².